The summed E-state index contributed by atoms with van der Waals surface area (Å²) in [4.78, 5) is 22.5. The second kappa shape index (κ2) is 5.02. The van der Waals surface area contributed by atoms with Crippen LogP contribution in [0.2, 0.25) is 0 Å². The van der Waals surface area contributed by atoms with Crippen LogP contribution in [-0.4, -0.2) is 22.4 Å². The van der Waals surface area contributed by atoms with Crippen LogP contribution in [0.1, 0.15) is 40.1 Å². The van der Waals surface area contributed by atoms with Gasteiger partial charge in [0.05, 0.1) is 4.88 Å². The Morgan fingerprint density at radius 1 is 1.28 bits per heavy atom. The quantitative estimate of drug-likeness (QED) is 0.926. The van der Waals surface area contributed by atoms with Crippen molar-refractivity contribution in [3.63, 3.8) is 0 Å². The molecule has 0 aliphatic rings. The van der Waals surface area contributed by atoms with Crippen LogP contribution < -0.4 is 5.32 Å². The molecule has 0 saturated carbocycles. The molecule has 0 spiro atoms. The van der Waals surface area contributed by atoms with Crippen LogP contribution in [0, 0.1) is 20.8 Å². The van der Waals surface area contributed by atoms with E-state index in [1.165, 1.54) is 11.3 Å². The molecule has 0 unspecified atom stereocenters. The molecule has 2 aromatic rings. The van der Waals surface area contributed by atoms with Crippen molar-refractivity contribution in [3.05, 3.63) is 22.0 Å². The fourth-order valence-electron chi connectivity index (χ4n) is 2.01. The van der Waals surface area contributed by atoms with E-state index in [4.69, 9.17) is 0 Å². The van der Waals surface area contributed by atoms with Crippen LogP contribution in [0.5, 0.6) is 0 Å². The highest BCUT2D eigenvalue weighted by Crippen LogP contribution is 2.30. The highest BCUT2D eigenvalue weighted by atomic mass is 32.1. The van der Waals surface area contributed by atoms with Gasteiger partial charge in [-0.05, 0) is 32.8 Å². The van der Waals surface area contributed by atoms with Gasteiger partial charge in [0.1, 0.15) is 10.7 Å². The first-order valence-corrected chi connectivity index (χ1v) is 6.88. The summed E-state index contributed by atoms with van der Waals surface area (Å²) in [7, 11) is 0. The predicted octanol–water partition coefficient (Wildman–Crippen LogP) is 2.76. The summed E-state index contributed by atoms with van der Waals surface area (Å²) < 4.78 is 0. The van der Waals surface area contributed by atoms with Gasteiger partial charge in [0.25, 0.3) is 5.91 Å². The van der Waals surface area contributed by atoms with Crippen LogP contribution in [0.25, 0.3) is 10.2 Å². The van der Waals surface area contributed by atoms with Gasteiger partial charge in [0.15, 0.2) is 0 Å². The maximum absolute atomic E-state index is 12.0. The summed E-state index contributed by atoms with van der Waals surface area (Å²) in [6, 6.07) is 0. The average Bonchev–Trinajstić information content (AvgIpc) is 2.63. The molecular weight excluding hydrogens is 246 g/mol. The first-order valence-electron chi connectivity index (χ1n) is 6.07. The van der Waals surface area contributed by atoms with Crippen LogP contribution in [0.15, 0.2) is 0 Å². The topological polar surface area (TPSA) is 54.9 Å². The Morgan fingerprint density at radius 2 is 2.00 bits per heavy atom. The molecule has 1 N–H and O–H groups in total. The summed E-state index contributed by atoms with van der Waals surface area (Å²) in [6.07, 6.45) is 0.938. The third-order valence-electron chi connectivity index (χ3n) is 2.82. The number of carbonyl (C=O) groups excluding carboxylic acids is 1. The zero-order chi connectivity index (χ0) is 13.3. The Bertz CT molecular complexity index is 604. The standard InChI is InChI=1S/C13H17N3OS/c1-5-6-14-12(17)11-7(2)10-8(3)15-9(4)16-13(10)18-11/h5-6H2,1-4H3,(H,14,17). The molecule has 0 radical (unpaired) electrons. The van der Waals surface area contributed by atoms with E-state index >= 15 is 0 Å². The van der Waals surface area contributed by atoms with Gasteiger partial charge < -0.3 is 5.32 Å². The van der Waals surface area contributed by atoms with Crippen LogP contribution in [-0.2, 0) is 0 Å². The van der Waals surface area contributed by atoms with E-state index in [2.05, 4.69) is 15.3 Å². The van der Waals surface area contributed by atoms with Crippen molar-refractivity contribution in [3.8, 4) is 0 Å². The summed E-state index contributed by atoms with van der Waals surface area (Å²) >= 11 is 1.45. The summed E-state index contributed by atoms with van der Waals surface area (Å²) in [6.45, 7) is 8.54. The van der Waals surface area contributed by atoms with E-state index in [-0.39, 0.29) is 5.91 Å². The van der Waals surface area contributed by atoms with Gasteiger partial charge in [-0.25, -0.2) is 9.97 Å². The van der Waals surface area contributed by atoms with Gasteiger partial charge in [-0.3, -0.25) is 4.79 Å². The molecule has 0 aliphatic carbocycles. The normalized spacial score (nSPS) is 10.9. The molecule has 2 heterocycles. The highest BCUT2D eigenvalue weighted by Gasteiger charge is 2.17. The summed E-state index contributed by atoms with van der Waals surface area (Å²) in [5.41, 5.74) is 1.93. The van der Waals surface area contributed by atoms with Gasteiger partial charge in [0.2, 0.25) is 0 Å². The lowest BCUT2D eigenvalue weighted by Gasteiger charge is -2.02. The van der Waals surface area contributed by atoms with E-state index in [1.807, 2.05) is 27.7 Å². The minimum atomic E-state index is -0.00518. The van der Waals surface area contributed by atoms with Crippen molar-refractivity contribution in [1.29, 1.82) is 0 Å². The molecule has 0 bridgehead atoms. The van der Waals surface area contributed by atoms with Crippen molar-refractivity contribution in [2.45, 2.75) is 34.1 Å². The lowest BCUT2D eigenvalue weighted by atomic mass is 10.1. The highest BCUT2D eigenvalue weighted by molar-refractivity contribution is 7.20. The third kappa shape index (κ3) is 2.22. The van der Waals surface area contributed by atoms with Crippen molar-refractivity contribution in [2.75, 3.05) is 6.54 Å². The zero-order valence-corrected chi connectivity index (χ0v) is 11.9. The number of aryl methyl sites for hydroxylation is 3. The molecule has 5 heteroatoms. The summed E-state index contributed by atoms with van der Waals surface area (Å²) in [5.74, 6) is 0.746. The Hall–Kier alpha value is -1.49. The SMILES string of the molecule is CCCNC(=O)c1sc2nc(C)nc(C)c2c1C. The first-order chi connectivity index (χ1) is 8.54. The lowest BCUT2D eigenvalue weighted by Crippen LogP contribution is -2.23. The predicted molar refractivity (Wildman–Crippen MR) is 74.3 cm³/mol. The molecule has 0 saturated heterocycles. The maximum Gasteiger partial charge on any atom is 0.261 e. The van der Waals surface area contributed by atoms with Crippen LogP contribution in [0.4, 0.5) is 0 Å². The van der Waals surface area contributed by atoms with E-state index in [0.717, 1.165) is 38.6 Å². The fraction of sp³-hybridized carbons (Fsp3) is 0.462. The van der Waals surface area contributed by atoms with Crippen molar-refractivity contribution < 1.29 is 4.79 Å². The van der Waals surface area contributed by atoms with E-state index in [9.17, 15) is 4.79 Å². The van der Waals surface area contributed by atoms with Crippen molar-refractivity contribution in [2.24, 2.45) is 0 Å². The largest absolute Gasteiger partial charge is 0.351 e. The minimum absolute atomic E-state index is 0.00518. The molecule has 0 aliphatic heterocycles. The Balaban J connectivity index is 2.50. The molecule has 1 amide bonds. The van der Waals surface area contributed by atoms with Crippen molar-refractivity contribution >= 4 is 27.5 Å². The number of carbonyl (C=O) groups is 1. The summed E-state index contributed by atoms with van der Waals surface area (Å²) in [5, 5.41) is 3.93. The number of hydrogen-bond acceptors (Lipinski definition) is 4. The van der Waals surface area contributed by atoms with E-state index in [0.29, 0.717) is 6.54 Å². The number of thiophene rings is 1. The molecule has 0 fully saturated rings. The Morgan fingerprint density at radius 3 is 2.67 bits per heavy atom. The lowest BCUT2D eigenvalue weighted by molar-refractivity contribution is 0.0957. The van der Waals surface area contributed by atoms with Gasteiger partial charge in [-0.15, -0.1) is 11.3 Å². The number of amides is 1. The van der Waals surface area contributed by atoms with Gasteiger partial charge in [0, 0.05) is 17.6 Å². The Kier molecular flexibility index (Phi) is 3.61. The first kappa shape index (κ1) is 13.0. The number of hydrogen-bond donors (Lipinski definition) is 1. The number of rotatable bonds is 3. The maximum atomic E-state index is 12.0. The van der Waals surface area contributed by atoms with E-state index in [1.54, 1.807) is 0 Å². The molecule has 2 rings (SSSR count). The van der Waals surface area contributed by atoms with Gasteiger partial charge >= 0.3 is 0 Å². The average molecular weight is 263 g/mol. The molecule has 18 heavy (non-hydrogen) atoms. The van der Waals surface area contributed by atoms with Crippen molar-refractivity contribution in [1.82, 2.24) is 15.3 Å². The number of fused-ring (bicyclic) bond motifs is 1. The second-order valence-electron chi connectivity index (χ2n) is 4.35. The van der Waals surface area contributed by atoms with E-state index < -0.39 is 0 Å². The molecular formula is C13H17N3OS. The molecule has 4 nitrogen and oxygen atoms in total. The number of nitrogens with zero attached hydrogens (tertiary/aromatic N) is 2. The number of aromatic nitrogens is 2. The fourth-order valence-corrected chi connectivity index (χ4v) is 3.20. The monoisotopic (exact) mass is 263 g/mol. The third-order valence-corrected chi connectivity index (χ3v) is 4.01. The smallest absolute Gasteiger partial charge is 0.261 e. The zero-order valence-electron chi connectivity index (χ0n) is 11.1. The minimum Gasteiger partial charge on any atom is -0.351 e. The molecule has 0 aromatic carbocycles. The van der Waals surface area contributed by atoms with Crippen LogP contribution >= 0.6 is 11.3 Å². The molecule has 96 valence electrons. The molecule has 0 atom stereocenters. The Labute approximate surface area is 110 Å². The van der Waals surface area contributed by atoms with Gasteiger partial charge in [-0.2, -0.15) is 0 Å². The second-order valence-corrected chi connectivity index (χ2v) is 5.35. The molecule has 2 aromatic heterocycles. The van der Waals surface area contributed by atoms with Crippen LogP contribution in [0.3, 0.4) is 0 Å². The van der Waals surface area contributed by atoms with Gasteiger partial charge in [-0.1, -0.05) is 6.92 Å². The number of nitrogens with one attached hydrogen (secondary N) is 1.